The van der Waals surface area contributed by atoms with E-state index in [0.29, 0.717) is 18.2 Å². The first kappa shape index (κ1) is 12.9. The summed E-state index contributed by atoms with van der Waals surface area (Å²) in [5, 5.41) is 9.24. The second-order valence-electron chi connectivity index (χ2n) is 4.57. The van der Waals surface area contributed by atoms with Gasteiger partial charge < -0.3 is 15.4 Å². The van der Waals surface area contributed by atoms with Crippen molar-refractivity contribution in [2.24, 2.45) is 0 Å². The maximum atomic E-state index is 9.24. The third kappa shape index (κ3) is 2.08. The average Bonchev–Trinajstić information content (AvgIpc) is 2.73. The average molecular weight is 247 g/mol. The third-order valence-electron chi connectivity index (χ3n) is 3.51. The smallest absolute Gasteiger partial charge is 0.113 e. The number of hydrogen-bond donors (Lipinski definition) is 2. The molecule has 2 rings (SSSR count). The highest BCUT2D eigenvalue weighted by Gasteiger charge is 2.18. The van der Waals surface area contributed by atoms with Gasteiger partial charge in [-0.1, -0.05) is 19.9 Å². The second kappa shape index (κ2) is 5.40. The second-order valence-corrected chi connectivity index (χ2v) is 4.57. The summed E-state index contributed by atoms with van der Waals surface area (Å²) in [6, 6.07) is 5.82. The molecule has 0 atom stereocenters. The largest absolute Gasteiger partial charge is 0.397 e. The molecule has 1 aromatic heterocycles. The van der Waals surface area contributed by atoms with Crippen LogP contribution in [0.5, 0.6) is 0 Å². The van der Waals surface area contributed by atoms with Gasteiger partial charge in [0, 0.05) is 12.5 Å². The monoisotopic (exact) mass is 247 g/mol. The minimum atomic E-state index is 0.118. The molecule has 0 aliphatic rings. The van der Waals surface area contributed by atoms with Crippen LogP contribution in [-0.4, -0.2) is 21.3 Å². The van der Waals surface area contributed by atoms with Gasteiger partial charge in [0.1, 0.15) is 11.3 Å². The fourth-order valence-corrected chi connectivity index (χ4v) is 2.49. The molecule has 0 unspecified atom stereocenters. The Balaban J connectivity index is 2.64. The van der Waals surface area contributed by atoms with Crippen LogP contribution < -0.4 is 5.73 Å². The summed E-state index contributed by atoms with van der Waals surface area (Å²) >= 11 is 0. The number of rotatable bonds is 5. The lowest BCUT2D eigenvalue weighted by atomic mass is 10.0. The molecule has 0 aliphatic heterocycles. The molecule has 1 aromatic carbocycles. The fourth-order valence-electron chi connectivity index (χ4n) is 2.49. The van der Waals surface area contributed by atoms with Gasteiger partial charge in [0.15, 0.2) is 0 Å². The number of fused-ring (bicyclic) bond motifs is 1. The highest BCUT2D eigenvalue weighted by atomic mass is 16.3. The Morgan fingerprint density at radius 3 is 2.67 bits per heavy atom. The van der Waals surface area contributed by atoms with Crippen LogP contribution in [0.3, 0.4) is 0 Å². The van der Waals surface area contributed by atoms with Gasteiger partial charge in [0.2, 0.25) is 0 Å². The molecular formula is C14H21N3O. The van der Waals surface area contributed by atoms with Crippen LogP contribution in [0.4, 0.5) is 5.69 Å². The molecule has 0 spiro atoms. The molecule has 0 bridgehead atoms. The third-order valence-corrected chi connectivity index (χ3v) is 3.51. The zero-order chi connectivity index (χ0) is 13.1. The maximum absolute atomic E-state index is 9.24. The number of imidazole rings is 1. The van der Waals surface area contributed by atoms with E-state index >= 15 is 0 Å². The summed E-state index contributed by atoms with van der Waals surface area (Å²) in [6.45, 7) is 5.03. The molecule has 98 valence electrons. The van der Waals surface area contributed by atoms with Crippen LogP contribution in [-0.2, 0) is 6.54 Å². The summed E-state index contributed by atoms with van der Waals surface area (Å²) in [7, 11) is 0. The van der Waals surface area contributed by atoms with Gasteiger partial charge in [-0.25, -0.2) is 4.98 Å². The van der Waals surface area contributed by atoms with Gasteiger partial charge in [0.05, 0.1) is 17.8 Å². The molecule has 3 N–H and O–H groups in total. The van der Waals surface area contributed by atoms with Crippen LogP contribution in [0.1, 0.15) is 38.4 Å². The highest BCUT2D eigenvalue weighted by Crippen LogP contribution is 2.28. The SMILES string of the molecule is CCC(CC)c1nc2c(N)cccc2n1CCO. The summed E-state index contributed by atoms with van der Waals surface area (Å²) in [5.41, 5.74) is 8.56. The summed E-state index contributed by atoms with van der Waals surface area (Å²) in [5.74, 6) is 1.46. The summed E-state index contributed by atoms with van der Waals surface area (Å²) in [4.78, 5) is 4.70. The molecule has 18 heavy (non-hydrogen) atoms. The predicted molar refractivity (Wildman–Crippen MR) is 74.6 cm³/mol. The number of aliphatic hydroxyl groups excluding tert-OH is 1. The van der Waals surface area contributed by atoms with Crippen molar-refractivity contribution in [2.75, 3.05) is 12.3 Å². The van der Waals surface area contributed by atoms with E-state index in [0.717, 1.165) is 29.7 Å². The normalized spacial score (nSPS) is 11.6. The molecular weight excluding hydrogens is 226 g/mol. The number of nitrogen functional groups attached to an aromatic ring is 1. The Morgan fingerprint density at radius 1 is 1.33 bits per heavy atom. The van der Waals surface area contributed by atoms with E-state index in [-0.39, 0.29) is 6.61 Å². The van der Waals surface area contributed by atoms with Gasteiger partial charge in [-0.2, -0.15) is 0 Å². The van der Waals surface area contributed by atoms with Crippen LogP contribution in [0, 0.1) is 0 Å². The van der Waals surface area contributed by atoms with Crippen molar-refractivity contribution >= 4 is 16.7 Å². The molecule has 1 heterocycles. The Morgan fingerprint density at radius 2 is 2.06 bits per heavy atom. The first-order valence-electron chi connectivity index (χ1n) is 6.58. The number of anilines is 1. The van der Waals surface area contributed by atoms with Crippen molar-refractivity contribution in [3.05, 3.63) is 24.0 Å². The molecule has 4 nitrogen and oxygen atoms in total. The van der Waals surface area contributed by atoms with Crippen molar-refractivity contribution in [1.29, 1.82) is 0 Å². The molecule has 0 amide bonds. The zero-order valence-corrected chi connectivity index (χ0v) is 11.1. The van der Waals surface area contributed by atoms with Crippen LogP contribution >= 0.6 is 0 Å². The van der Waals surface area contributed by atoms with Crippen LogP contribution in [0.15, 0.2) is 18.2 Å². The summed E-state index contributed by atoms with van der Waals surface area (Å²) in [6.07, 6.45) is 2.09. The quantitative estimate of drug-likeness (QED) is 0.798. The van der Waals surface area contributed by atoms with E-state index in [2.05, 4.69) is 18.4 Å². The standard InChI is InChI=1S/C14H21N3O/c1-3-10(4-2)14-16-13-11(15)6-5-7-12(13)17(14)8-9-18/h5-7,10,18H,3-4,8-9,15H2,1-2H3. The maximum Gasteiger partial charge on any atom is 0.113 e. The molecule has 0 saturated carbocycles. The van der Waals surface area contributed by atoms with E-state index in [1.165, 1.54) is 0 Å². The van der Waals surface area contributed by atoms with Gasteiger partial charge >= 0.3 is 0 Å². The number of aromatic nitrogens is 2. The molecule has 0 aliphatic carbocycles. The van der Waals surface area contributed by atoms with Crippen LogP contribution in [0.2, 0.25) is 0 Å². The van der Waals surface area contributed by atoms with Crippen molar-refractivity contribution in [2.45, 2.75) is 39.2 Å². The number of nitrogens with two attached hydrogens (primary N) is 1. The van der Waals surface area contributed by atoms with Crippen molar-refractivity contribution in [3.63, 3.8) is 0 Å². The van der Waals surface area contributed by atoms with Gasteiger partial charge in [-0.15, -0.1) is 0 Å². The Labute approximate surface area is 107 Å². The fraction of sp³-hybridized carbons (Fsp3) is 0.500. The van der Waals surface area contributed by atoms with E-state index in [1.54, 1.807) is 0 Å². The van der Waals surface area contributed by atoms with Gasteiger partial charge in [-0.05, 0) is 25.0 Å². The van der Waals surface area contributed by atoms with E-state index < -0.39 is 0 Å². The Bertz CT molecular complexity index is 529. The van der Waals surface area contributed by atoms with Gasteiger partial charge in [0.25, 0.3) is 0 Å². The number of benzene rings is 1. The topological polar surface area (TPSA) is 64.1 Å². The first-order valence-corrected chi connectivity index (χ1v) is 6.58. The number of aliphatic hydroxyl groups is 1. The lowest BCUT2D eigenvalue weighted by Gasteiger charge is -2.14. The van der Waals surface area contributed by atoms with Crippen LogP contribution in [0.25, 0.3) is 11.0 Å². The predicted octanol–water partition coefficient (Wildman–Crippen LogP) is 2.51. The number of para-hydroxylation sites is 1. The minimum absolute atomic E-state index is 0.118. The molecule has 2 aromatic rings. The highest BCUT2D eigenvalue weighted by molar-refractivity contribution is 5.87. The van der Waals surface area contributed by atoms with E-state index in [4.69, 9.17) is 10.7 Å². The van der Waals surface area contributed by atoms with E-state index in [9.17, 15) is 5.11 Å². The lowest BCUT2D eigenvalue weighted by molar-refractivity contribution is 0.274. The number of hydrogen-bond acceptors (Lipinski definition) is 3. The molecule has 0 saturated heterocycles. The first-order chi connectivity index (χ1) is 8.72. The molecule has 4 heteroatoms. The van der Waals surface area contributed by atoms with Gasteiger partial charge in [-0.3, -0.25) is 0 Å². The van der Waals surface area contributed by atoms with Crippen molar-refractivity contribution in [1.82, 2.24) is 9.55 Å². The van der Waals surface area contributed by atoms with E-state index in [1.807, 2.05) is 18.2 Å². The lowest BCUT2D eigenvalue weighted by Crippen LogP contribution is -2.10. The zero-order valence-electron chi connectivity index (χ0n) is 11.1. The van der Waals surface area contributed by atoms with Crippen molar-refractivity contribution in [3.8, 4) is 0 Å². The number of nitrogens with zero attached hydrogens (tertiary/aromatic N) is 2. The Hall–Kier alpha value is -1.55. The van der Waals surface area contributed by atoms with Crippen molar-refractivity contribution < 1.29 is 5.11 Å². The molecule has 0 radical (unpaired) electrons. The minimum Gasteiger partial charge on any atom is -0.397 e. The summed E-state index contributed by atoms with van der Waals surface area (Å²) < 4.78 is 2.10. The Kier molecular flexibility index (Phi) is 3.87. The molecule has 0 fully saturated rings.